The molecule has 0 saturated carbocycles. The fourth-order valence-electron chi connectivity index (χ4n) is 3.06. The maximum atomic E-state index is 12.6. The van der Waals surface area contributed by atoms with Crippen molar-refractivity contribution in [2.24, 2.45) is 0 Å². The molecule has 1 N–H and O–H groups in total. The Labute approximate surface area is 180 Å². The van der Waals surface area contributed by atoms with E-state index in [1.54, 1.807) is 24.3 Å². The highest BCUT2D eigenvalue weighted by Gasteiger charge is 2.24. The van der Waals surface area contributed by atoms with Crippen molar-refractivity contribution in [3.63, 3.8) is 0 Å². The van der Waals surface area contributed by atoms with Gasteiger partial charge in [-0.25, -0.2) is 8.42 Å². The van der Waals surface area contributed by atoms with Gasteiger partial charge in [-0.15, -0.1) is 0 Å². The van der Waals surface area contributed by atoms with Crippen molar-refractivity contribution in [1.29, 1.82) is 0 Å². The van der Waals surface area contributed by atoms with Gasteiger partial charge in [-0.1, -0.05) is 0 Å². The van der Waals surface area contributed by atoms with Crippen LogP contribution in [0.2, 0.25) is 0 Å². The highest BCUT2D eigenvalue weighted by atomic mass is 32.2. The normalized spacial score (nSPS) is 12.3. The van der Waals surface area contributed by atoms with Crippen LogP contribution < -0.4 is 33.3 Å². The molecule has 1 aliphatic heterocycles. The largest absolute Gasteiger partial charge is 0.493 e. The van der Waals surface area contributed by atoms with E-state index in [9.17, 15) is 13.2 Å². The number of nitrogens with one attached hydrogen (secondary N) is 1. The van der Waals surface area contributed by atoms with Crippen LogP contribution in [0.1, 0.15) is 5.56 Å². The summed E-state index contributed by atoms with van der Waals surface area (Å²) in [5, 5.41) is 2.71. The highest BCUT2D eigenvalue weighted by molar-refractivity contribution is 7.92. The highest BCUT2D eigenvalue weighted by Crippen LogP contribution is 2.38. The molecule has 3 rings (SSSR count). The third kappa shape index (κ3) is 5.05. The van der Waals surface area contributed by atoms with Crippen LogP contribution in [0.3, 0.4) is 0 Å². The summed E-state index contributed by atoms with van der Waals surface area (Å²) in [6.07, 6.45) is 1.03. The number of ether oxygens (including phenoxy) is 5. The van der Waals surface area contributed by atoms with Gasteiger partial charge >= 0.3 is 0 Å². The second-order valence-corrected chi connectivity index (χ2v) is 8.52. The maximum Gasteiger partial charge on any atom is 0.241 e. The SMILES string of the molecule is COc1cc(CNC(=O)CN(c2ccc3c(c2)OCO3)S(C)(=O)=O)cc(OC)c1OC. The standard InChI is InChI=1S/C20H24N2O8S/c1-26-17-7-13(8-18(27-2)20(17)28-3)10-21-19(23)11-22(31(4,24)25)14-5-6-15-16(9-14)30-12-29-15/h5-9H,10-12H2,1-4H3,(H,21,23). The lowest BCUT2D eigenvalue weighted by Gasteiger charge is -2.22. The van der Waals surface area contributed by atoms with E-state index in [0.717, 1.165) is 10.6 Å². The molecular weight excluding hydrogens is 428 g/mol. The van der Waals surface area contributed by atoms with Gasteiger partial charge in [0.15, 0.2) is 23.0 Å². The van der Waals surface area contributed by atoms with Gasteiger partial charge in [0.25, 0.3) is 0 Å². The summed E-state index contributed by atoms with van der Waals surface area (Å²) in [6, 6.07) is 8.09. The lowest BCUT2D eigenvalue weighted by molar-refractivity contribution is -0.119. The number of carbonyl (C=O) groups excluding carboxylic acids is 1. The van der Waals surface area contributed by atoms with E-state index in [0.29, 0.717) is 40.0 Å². The number of anilines is 1. The molecule has 2 aromatic rings. The average molecular weight is 452 g/mol. The lowest BCUT2D eigenvalue weighted by atomic mass is 10.1. The predicted octanol–water partition coefficient (Wildman–Crippen LogP) is 1.52. The van der Waals surface area contributed by atoms with Crippen molar-refractivity contribution in [3.05, 3.63) is 35.9 Å². The fraction of sp³-hybridized carbons (Fsp3) is 0.350. The van der Waals surface area contributed by atoms with Crippen LogP contribution in [0.15, 0.2) is 30.3 Å². The Bertz CT molecular complexity index is 1050. The van der Waals surface area contributed by atoms with Gasteiger partial charge in [-0.2, -0.15) is 0 Å². The van der Waals surface area contributed by atoms with E-state index in [1.165, 1.54) is 27.4 Å². The summed E-state index contributed by atoms with van der Waals surface area (Å²) in [5.74, 6) is 1.78. The number of methoxy groups -OCH3 is 3. The molecule has 10 nitrogen and oxygen atoms in total. The van der Waals surface area contributed by atoms with Crippen LogP contribution in [0.4, 0.5) is 5.69 Å². The van der Waals surface area contributed by atoms with Gasteiger partial charge in [0.2, 0.25) is 28.5 Å². The van der Waals surface area contributed by atoms with E-state index < -0.39 is 22.5 Å². The van der Waals surface area contributed by atoms with Gasteiger partial charge in [-0.3, -0.25) is 9.10 Å². The molecule has 168 valence electrons. The van der Waals surface area contributed by atoms with Gasteiger partial charge in [0.1, 0.15) is 6.54 Å². The van der Waals surface area contributed by atoms with Crippen LogP contribution in [0, 0.1) is 0 Å². The first-order valence-electron chi connectivity index (χ1n) is 9.19. The monoisotopic (exact) mass is 452 g/mol. The van der Waals surface area contributed by atoms with Crippen molar-refractivity contribution in [3.8, 4) is 28.7 Å². The molecule has 0 spiro atoms. The minimum atomic E-state index is -3.72. The van der Waals surface area contributed by atoms with Crippen LogP contribution >= 0.6 is 0 Å². The van der Waals surface area contributed by atoms with E-state index in [2.05, 4.69) is 5.32 Å². The second kappa shape index (κ2) is 9.21. The first-order valence-corrected chi connectivity index (χ1v) is 11.0. The summed E-state index contributed by atoms with van der Waals surface area (Å²) < 4.78 is 52.0. The zero-order chi connectivity index (χ0) is 22.6. The fourth-order valence-corrected chi connectivity index (χ4v) is 3.91. The van der Waals surface area contributed by atoms with E-state index in [1.807, 2.05) is 0 Å². The number of carbonyl (C=O) groups is 1. The Hall–Kier alpha value is -3.34. The molecule has 0 atom stereocenters. The molecule has 1 aliphatic rings. The van der Waals surface area contributed by atoms with Crippen LogP contribution in [0.5, 0.6) is 28.7 Å². The van der Waals surface area contributed by atoms with E-state index in [-0.39, 0.29) is 13.3 Å². The molecule has 0 unspecified atom stereocenters. The van der Waals surface area contributed by atoms with E-state index in [4.69, 9.17) is 23.7 Å². The lowest BCUT2D eigenvalue weighted by Crippen LogP contribution is -2.40. The predicted molar refractivity (Wildman–Crippen MR) is 113 cm³/mol. The Morgan fingerprint density at radius 2 is 1.68 bits per heavy atom. The first kappa shape index (κ1) is 22.3. The molecule has 1 heterocycles. The quantitative estimate of drug-likeness (QED) is 0.610. The third-order valence-electron chi connectivity index (χ3n) is 4.55. The molecular formula is C20H24N2O8S. The summed E-state index contributed by atoms with van der Waals surface area (Å²) >= 11 is 0. The van der Waals surface area contributed by atoms with Crippen molar-refractivity contribution in [2.75, 3.05) is 45.2 Å². The number of fused-ring (bicyclic) bond motifs is 1. The summed E-state index contributed by atoms with van der Waals surface area (Å²) in [7, 11) is 0.764. The molecule has 0 saturated heterocycles. The maximum absolute atomic E-state index is 12.6. The number of hydrogen-bond donors (Lipinski definition) is 1. The van der Waals surface area contributed by atoms with Gasteiger partial charge in [0, 0.05) is 12.6 Å². The molecule has 0 aromatic heterocycles. The minimum Gasteiger partial charge on any atom is -0.493 e. The second-order valence-electron chi connectivity index (χ2n) is 6.62. The summed E-state index contributed by atoms with van der Waals surface area (Å²) in [4.78, 5) is 12.6. The number of sulfonamides is 1. The summed E-state index contributed by atoms with van der Waals surface area (Å²) in [6.45, 7) is -0.204. The molecule has 0 aliphatic carbocycles. The van der Waals surface area contributed by atoms with Gasteiger partial charge in [0.05, 0.1) is 33.3 Å². The number of nitrogens with zero attached hydrogens (tertiary/aromatic N) is 1. The Morgan fingerprint density at radius 3 is 2.26 bits per heavy atom. The smallest absolute Gasteiger partial charge is 0.241 e. The van der Waals surface area contributed by atoms with Gasteiger partial charge < -0.3 is 29.0 Å². The van der Waals surface area contributed by atoms with Crippen molar-refractivity contribution in [2.45, 2.75) is 6.54 Å². The number of rotatable bonds is 9. The Kier molecular flexibility index (Phi) is 6.64. The van der Waals surface area contributed by atoms with Crippen molar-refractivity contribution >= 4 is 21.6 Å². The van der Waals surface area contributed by atoms with E-state index >= 15 is 0 Å². The summed E-state index contributed by atoms with van der Waals surface area (Å²) in [5.41, 5.74) is 0.992. The third-order valence-corrected chi connectivity index (χ3v) is 5.69. The Balaban J connectivity index is 1.74. The topological polar surface area (TPSA) is 113 Å². The number of benzene rings is 2. The molecule has 11 heteroatoms. The minimum absolute atomic E-state index is 0.0624. The molecule has 1 amide bonds. The zero-order valence-electron chi connectivity index (χ0n) is 17.6. The van der Waals surface area contributed by atoms with Crippen molar-refractivity contribution < 1.29 is 36.9 Å². The molecule has 31 heavy (non-hydrogen) atoms. The zero-order valence-corrected chi connectivity index (χ0v) is 18.4. The Morgan fingerprint density at radius 1 is 1.03 bits per heavy atom. The molecule has 0 fully saturated rings. The molecule has 0 radical (unpaired) electrons. The first-order chi connectivity index (χ1) is 14.8. The molecule has 2 aromatic carbocycles. The van der Waals surface area contributed by atoms with Crippen LogP contribution in [-0.2, 0) is 21.4 Å². The van der Waals surface area contributed by atoms with Crippen molar-refractivity contribution in [1.82, 2.24) is 5.32 Å². The number of amides is 1. The number of hydrogen-bond acceptors (Lipinski definition) is 8. The van der Waals surface area contributed by atoms with Crippen LogP contribution in [0.25, 0.3) is 0 Å². The molecule has 0 bridgehead atoms. The van der Waals surface area contributed by atoms with Crippen LogP contribution in [-0.4, -0.2) is 55.2 Å². The van der Waals surface area contributed by atoms with Gasteiger partial charge in [-0.05, 0) is 29.8 Å². The average Bonchev–Trinajstić information content (AvgIpc) is 3.22.